The maximum atomic E-state index is 12.8. The molecule has 0 rings (SSSR count). The second-order valence-electron chi connectivity index (χ2n) is 17.6. The summed E-state index contributed by atoms with van der Waals surface area (Å²) < 4.78 is 16.8. The van der Waals surface area contributed by atoms with E-state index in [4.69, 9.17) is 14.2 Å². The van der Waals surface area contributed by atoms with Crippen molar-refractivity contribution in [2.24, 2.45) is 0 Å². The monoisotopic (exact) mass is 939 g/mol. The highest BCUT2D eigenvalue weighted by Crippen LogP contribution is 2.14. The van der Waals surface area contributed by atoms with Crippen molar-refractivity contribution in [3.63, 3.8) is 0 Å². The summed E-state index contributed by atoms with van der Waals surface area (Å²) in [5.74, 6) is -0.961. The fourth-order valence-corrected chi connectivity index (χ4v) is 7.02. The summed E-state index contributed by atoms with van der Waals surface area (Å²) in [5.41, 5.74) is 0. The number of carbonyl (C=O) groups is 3. The molecule has 0 aliphatic heterocycles. The van der Waals surface area contributed by atoms with Crippen LogP contribution in [0.15, 0.2) is 134 Å². The Bertz CT molecular complexity index is 1500. The molecule has 0 N–H and O–H groups in total. The summed E-state index contributed by atoms with van der Waals surface area (Å²) in [6.45, 7) is 6.25. The van der Waals surface area contributed by atoms with E-state index in [1.54, 1.807) is 0 Å². The molecule has 0 aromatic heterocycles. The molecule has 0 aromatic carbocycles. The quantitative estimate of drug-likeness (QED) is 0.0199. The number of rotatable bonds is 47. The van der Waals surface area contributed by atoms with Crippen molar-refractivity contribution in [3.05, 3.63) is 134 Å². The van der Waals surface area contributed by atoms with E-state index in [0.717, 1.165) is 135 Å². The molecule has 1 atom stereocenters. The summed E-state index contributed by atoms with van der Waals surface area (Å²) in [5, 5.41) is 0. The van der Waals surface area contributed by atoms with Crippen LogP contribution in [0.4, 0.5) is 0 Å². The van der Waals surface area contributed by atoms with Gasteiger partial charge in [-0.3, -0.25) is 14.4 Å². The third kappa shape index (κ3) is 52.5. The molecule has 0 saturated carbocycles. The zero-order valence-corrected chi connectivity index (χ0v) is 43.6. The lowest BCUT2D eigenvalue weighted by molar-refractivity contribution is -0.167. The van der Waals surface area contributed by atoms with Gasteiger partial charge in [-0.15, -0.1) is 0 Å². The van der Waals surface area contributed by atoms with Crippen LogP contribution in [0.2, 0.25) is 0 Å². The Morgan fingerprint density at radius 1 is 0.324 bits per heavy atom. The maximum Gasteiger partial charge on any atom is 0.306 e. The van der Waals surface area contributed by atoms with Gasteiger partial charge in [0.05, 0.1) is 0 Å². The first kappa shape index (κ1) is 63.5. The molecule has 0 fully saturated rings. The minimum atomic E-state index is -0.808. The fourth-order valence-electron chi connectivity index (χ4n) is 7.02. The van der Waals surface area contributed by atoms with Crippen molar-refractivity contribution >= 4 is 17.9 Å². The van der Waals surface area contributed by atoms with Crippen LogP contribution in [0.1, 0.15) is 220 Å². The van der Waals surface area contributed by atoms with E-state index < -0.39 is 6.10 Å². The molecule has 0 saturated heterocycles. The first-order valence-corrected chi connectivity index (χ1v) is 27.3. The Morgan fingerprint density at radius 2 is 0.647 bits per heavy atom. The van der Waals surface area contributed by atoms with Gasteiger partial charge in [-0.1, -0.05) is 244 Å². The highest BCUT2D eigenvalue weighted by molar-refractivity contribution is 5.71. The van der Waals surface area contributed by atoms with E-state index in [1.807, 2.05) is 36.5 Å². The van der Waals surface area contributed by atoms with Crippen LogP contribution in [0, 0.1) is 0 Å². The minimum absolute atomic E-state index is 0.103. The van der Waals surface area contributed by atoms with Gasteiger partial charge in [0.25, 0.3) is 0 Å². The van der Waals surface area contributed by atoms with Crippen LogP contribution in [-0.4, -0.2) is 37.2 Å². The Labute approximate surface area is 417 Å². The lowest BCUT2D eigenvalue weighted by Crippen LogP contribution is -2.30. The molecule has 0 radical (unpaired) electrons. The Hall–Kier alpha value is -4.45. The molecule has 6 nitrogen and oxygen atoms in total. The summed E-state index contributed by atoms with van der Waals surface area (Å²) in [7, 11) is 0. The summed E-state index contributed by atoms with van der Waals surface area (Å²) >= 11 is 0. The number of esters is 3. The third-order valence-electron chi connectivity index (χ3n) is 11.0. The lowest BCUT2D eigenvalue weighted by Gasteiger charge is -2.18. The Morgan fingerprint density at radius 3 is 1.07 bits per heavy atom. The third-order valence-corrected chi connectivity index (χ3v) is 11.0. The topological polar surface area (TPSA) is 78.9 Å². The largest absolute Gasteiger partial charge is 0.462 e. The zero-order valence-electron chi connectivity index (χ0n) is 43.6. The van der Waals surface area contributed by atoms with Crippen molar-refractivity contribution in [1.29, 1.82) is 0 Å². The predicted octanol–water partition coefficient (Wildman–Crippen LogP) is 18.3. The van der Waals surface area contributed by atoms with Gasteiger partial charge >= 0.3 is 17.9 Å². The SMILES string of the molecule is CC/C=C/C=C/C=C/CCCCCCCC(=O)OCC(COC(=O)CCCCCCCCCCC/C=C/C/C=C/C/C=C/CC)OC(=O)CCCCCCC/C=C/C=C/C=C/C=C/C=C/CCC. The van der Waals surface area contributed by atoms with Crippen molar-refractivity contribution in [2.75, 3.05) is 13.2 Å². The molecular formula is C62H98O6. The number of allylic oxidation sites excluding steroid dienone is 22. The molecule has 0 aliphatic carbocycles. The van der Waals surface area contributed by atoms with Gasteiger partial charge in [0.15, 0.2) is 6.10 Å². The molecule has 0 amide bonds. The predicted molar refractivity (Wildman–Crippen MR) is 292 cm³/mol. The highest BCUT2D eigenvalue weighted by Gasteiger charge is 2.19. The van der Waals surface area contributed by atoms with E-state index in [1.165, 1.54) is 44.9 Å². The molecule has 0 spiro atoms. The molecule has 0 heterocycles. The second-order valence-corrected chi connectivity index (χ2v) is 17.6. The molecule has 0 bridgehead atoms. The lowest BCUT2D eigenvalue weighted by atomic mass is 10.1. The summed E-state index contributed by atoms with van der Waals surface area (Å²) in [6, 6.07) is 0. The van der Waals surface area contributed by atoms with E-state index in [2.05, 4.69) is 118 Å². The second kappa shape index (κ2) is 55.1. The van der Waals surface area contributed by atoms with E-state index in [0.29, 0.717) is 12.8 Å². The van der Waals surface area contributed by atoms with E-state index in [9.17, 15) is 14.4 Å². The summed E-state index contributed by atoms with van der Waals surface area (Å²) in [4.78, 5) is 38.1. The van der Waals surface area contributed by atoms with Crippen LogP contribution < -0.4 is 0 Å². The Kier molecular flexibility index (Phi) is 51.5. The first-order valence-electron chi connectivity index (χ1n) is 27.3. The number of hydrogen-bond donors (Lipinski definition) is 0. The van der Waals surface area contributed by atoms with E-state index >= 15 is 0 Å². The van der Waals surface area contributed by atoms with Gasteiger partial charge in [0.1, 0.15) is 13.2 Å². The van der Waals surface area contributed by atoms with Crippen molar-refractivity contribution in [1.82, 2.24) is 0 Å². The molecule has 1 unspecified atom stereocenters. The molecule has 0 aliphatic rings. The summed E-state index contributed by atoms with van der Waals surface area (Å²) in [6.07, 6.45) is 77.1. The zero-order chi connectivity index (χ0) is 49.3. The molecule has 6 heteroatoms. The normalized spacial score (nSPS) is 13.2. The molecule has 68 heavy (non-hydrogen) atoms. The number of hydrogen-bond acceptors (Lipinski definition) is 6. The first-order chi connectivity index (χ1) is 33.5. The standard InChI is InChI=1S/C62H98O6/c1-4-7-10-13-16-19-22-25-27-29-31-33-34-37-40-43-46-49-52-55-61(64)67-58-59(57-66-60(63)54-51-48-45-42-39-36-24-21-18-15-12-9-6-3)68-62(65)56-53-50-47-44-41-38-35-32-30-28-26-23-20-17-14-11-8-5-2/h7,9-12,14-21,23-28,30,32,35,59H,4-6,8,13,22,29,31,33-34,36-58H2,1-3H3/b10-7+,12-9+,14-11+,18-15+,19-16+,20-17+,24-21+,26-23+,27-25+,30-28+,35-32+. The van der Waals surface area contributed by atoms with Crippen LogP contribution in [0.3, 0.4) is 0 Å². The highest BCUT2D eigenvalue weighted by atomic mass is 16.6. The smallest absolute Gasteiger partial charge is 0.306 e. The van der Waals surface area contributed by atoms with Gasteiger partial charge in [-0.2, -0.15) is 0 Å². The molecular weight excluding hydrogens is 841 g/mol. The van der Waals surface area contributed by atoms with E-state index in [-0.39, 0.29) is 37.5 Å². The van der Waals surface area contributed by atoms with Crippen molar-refractivity contribution < 1.29 is 28.6 Å². The number of unbranched alkanes of at least 4 members (excludes halogenated alkanes) is 20. The number of carbonyl (C=O) groups excluding carboxylic acids is 3. The van der Waals surface area contributed by atoms with Crippen molar-refractivity contribution in [3.8, 4) is 0 Å². The Balaban J connectivity index is 4.48. The van der Waals surface area contributed by atoms with Crippen molar-refractivity contribution in [2.45, 2.75) is 226 Å². The van der Waals surface area contributed by atoms with Gasteiger partial charge in [0, 0.05) is 19.3 Å². The fraction of sp³-hybridized carbons (Fsp3) is 0.597. The minimum Gasteiger partial charge on any atom is -0.462 e. The average Bonchev–Trinajstić information content (AvgIpc) is 3.34. The van der Waals surface area contributed by atoms with Crippen LogP contribution >= 0.6 is 0 Å². The van der Waals surface area contributed by atoms with Crippen LogP contribution in [0.25, 0.3) is 0 Å². The molecule has 382 valence electrons. The average molecular weight is 939 g/mol. The molecule has 0 aromatic rings. The van der Waals surface area contributed by atoms with Gasteiger partial charge in [0.2, 0.25) is 0 Å². The van der Waals surface area contributed by atoms with Gasteiger partial charge < -0.3 is 14.2 Å². The van der Waals surface area contributed by atoms with Crippen LogP contribution in [0.5, 0.6) is 0 Å². The maximum absolute atomic E-state index is 12.8. The van der Waals surface area contributed by atoms with Gasteiger partial charge in [-0.25, -0.2) is 0 Å². The number of ether oxygens (including phenoxy) is 3. The van der Waals surface area contributed by atoms with Gasteiger partial charge in [-0.05, 0) is 89.9 Å². The van der Waals surface area contributed by atoms with Crippen LogP contribution in [-0.2, 0) is 28.6 Å².